The summed E-state index contributed by atoms with van der Waals surface area (Å²) in [5.74, 6) is 0.761. The SMILES string of the molecule is CCOc1cccc(NC(=O)CC(c2ccccc2)c2ccccc2)c1. The van der Waals surface area contributed by atoms with Crippen molar-refractivity contribution in [2.75, 3.05) is 11.9 Å². The normalized spacial score (nSPS) is 10.5. The highest BCUT2D eigenvalue weighted by molar-refractivity contribution is 5.91. The van der Waals surface area contributed by atoms with Crippen LogP contribution in [0.15, 0.2) is 84.9 Å². The Morgan fingerprint density at radius 2 is 1.50 bits per heavy atom. The number of hydrogen-bond donors (Lipinski definition) is 1. The van der Waals surface area contributed by atoms with Crippen molar-refractivity contribution in [2.24, 2.45) is 0 Å². The Morgan fingerprint density at radius 3 is 2.08 bits per heavy atom. The number of nitrogens with one attached hydrogen (secondary N) is 1. The van der Waals surface area contributed by atoms with Crippen LogP contribution in [-0.4, -0.2) is 12.5 Å². The Balaban J connectivity index is 1.77. The number of benzene rings is 3. The van der Waals surface area contributed by atoms with Crippen molar-refractivity contribution in [1.29, 1.82) is 0 Å². The summed E-state index contributed by atoms with van der Waals surface area (Å²) in [6.45, 7) is 2.54. The van der Waals surface area contributed by atoms with Crippen LogP contribution < -0.4 is 10.1 Å². The molecule has 1 N–H and O–H groups in total. The first-order valence-corrected chi connectivity index (χ1v) is 8.89. The maximum atomic E-state index is 12.7. The lowest BCUT2D eigenvalue weighted by Crippen LogP contribution is -2.16. The predicted octanol–water partition coefficient (Wildman–Crippen LogP) is 5.25. The average molecular weight is 345 g/mol. The Labute approximate surface area is 154 Å². The third-order valence-electron chi connectivity index (χ3n) is 4.22. The number of amides is 1. The van der Waals surface area contributed by atoms with E-state index in [-0.39, 0.29) is 11.8 Å². The van der Waals surface area contributed by atoms with Gasteiger partial charge in [-0.05, 0) is 30.2 Å². The van der Waals surface area contributed by atoms with Crippen LogP contribution in [0.3, 0.4) is 0 Å². The number of anilines is 1. The van der Waals surface area contributed by atoms with E-state index in [1.165, 1.54) is 0 Å². The number of carbonyl (C=O) groups is 1. The molecule has 0 aromatic heterocycles. The molecule has 1 amide bonds. The molecule has 26 heavy (non-hydrogen) atoms. The number of carbonyl (C=O) groups excluding carboxylic acids is 1. The Bertz CT molecular complexity index is 792. The van der Waals surface area contributed by atoms with E-state index in [0.29, 0.717) is 13.0 Å². The average Bonchev–Trinajstić information content (AvgIpc) is 2.68. The monoisotopic (exact) mass is 345 g/mol. The molecule has 3 aromatic carbocycles. The molecule has 0 aliphatic heterocycles. The van der Waals surface area contributed by atoms with Crippen LogP contribution in [0.25, 0.3) is 0 Å². The predicted molar refractivity (Wildman–Crippen MR) is 106 cm³/mol. The van der Waals surface area contributed by atoms with Gasteiger partial charge in [0.15, 0.2) is 0 Å². The van der Waals surface area contributed by atoms with Gasteiger partial charge in [0, 0.05) is 24.1 Å². The van der Waals surface area contributed by atoms with Gasteiger partial charge in [-0.2, -0.15) is 0 Å². The second kappa shape index (κ2) is 8.86. The zero-order valence-electron chi connectivity index (χ0n) is 14.9. The zero-order chi connectivity index (χ0) is 18.2. The first-order chi connectivity index (χ1) is 12.8. The molecule has 0 saturated heterocycles. The first-order valence-electron chi connectivity index (χ1n) is 8.89. The molecule has 0 bridgehead atoms. The summed E-state index contributed by atoms with van der Waals surface area (Å²) in [6, 6.07) is 27.8. The molecular weight excluding hydrogens is 322 g/mol. The van der Waals surface area contributed by atoms with Crippen LogP contribution in [0.2, 0.25) is 0 Å². The van der Waals surface area contributed by atoms with Gasteiger partial charge >= 0.3 is 0 Å². The van der Waals surface area contributed by atoms with E-state index in [9.17, 15) is 4.79 Å². The standard InChI is InChI=1S/C23H23NO2/c1-2-26-21-15-9-14-20(16-21)24-23(25)17-22(18-10-5-3-6-11-18)19-12-7-4-8-13-19/h3-16,22H,2,17H2,1H3,(H,24,25). The number of hydrogen-bond acceptors (Lipinski definition) is 2. The fraction of sp³-hybridized carbons (Fsp3) is 0.174. The maximum Gasteiger partial charge on any atom is 0.225 e. The minimum absolute atomic E-state index is 0.0173. The fourth-order valence-corrected chi connectivity index (χ4v) is 3.03. The van der Waals surface area contributed by atoms with Crippen molar-refractivity contribution in [2.45, 2.75) is 19.3 Å². The molecule has 132 valence electrons. The van der Waals surface area contributed by atoms with Crippen LogP contribution in [0.1, 0.15) is 30.4 Å². The molecule has 0 radical (unpaired) electrons. The second-order valence-corrected chi connectivity index (χ2v) is 6.09. The van der Waals surface area contributed by atoms with Gasteiger partial charge in [0.2, 0.25) is 5.91 Å². The number of rotatable bonds is 7. The summed E-state index contributed by atoms with van der Waals surface area (Å²) in [4.78, 5) is 12.7. The largest absolute Gasteiger partial charge is 0.494 e. The van der Waals surface area contributed by atoms with Gasteiger partial charge in [-0.25, -0.2) is 0 Å². The van der Waals surface area contributed by atoms with Crippen molar-refractivity contribution >= 4 is 11.6 Å². The third kappa shape index (κ3) is 4.73. The van der Waals surface area contributed by atoms with Gasteiger partial charge in [0.25, 0.3) is 0 Å². The van der Waals surface area contributed by atoms with Crippen LogP contribution in [0.4, 0.5) is 5.69 Å². The minimum Gasteiger partial charge on any atom is -0.494 e. The van der Waals surface area contributed by atoms with Crippen molar-refractivity contribution in [3.63, 3.8) is 0 Å². The van der Waals surface area contributed by atoms with Gasteiger partial charge in [0.05, 0.1) is 6.61 Å². The highest BCUT2D eigenvalue weighted by atomic mass is 16.5. The molecule has 0 aliphatic carbocycles. The van der Waals surface area contributed by atoms with E-state index in [2.05, 4.69) is 29.6 Å². The van der Waals surface area contributed by atoms with Crippen molar-refractivity contribution in [3.05, 3.63) is 96.1 Å². The summed E-state index contributed by atoms with van der Waals surface area (Å²) in [5, 5.41) is 2.99. The van der Waals surface area contributed by atoms with E-state index in [4.69, 9.17) is 4.74 Å². The Kier molecular flexibility index (Phi) is 6.05. The maximum absolute atomic E-state index is 12.7. The van der Waals surface area contributed by atoms with Crippen LogP contribution in [0, 0.1) is 0 Å². The van der Waals surface area contributed by atoms with E-state index >= 15 is 0 Å². The van der Waals surface area contributed by atoms with Gasteiger partial charge < -0.3 is 10.1 Å². The topological polar surface area (TPSA) is 38.3 Å². The highest BCUT2D eigenvalue weighted by Gasteiger charge is 2.18. The molecule has 0 spiro atoms. The fourth-order valence-electron chi connectivity index (χ4n) is 3.03. The van der Waals surface area contributed by atoms with E-state index in [1.54, 1.807) is 0 Å². The van der Waals surface area contributed by atoms with Crippen LogP contribution >= 0.6 is 0 Å². The van der Waals surface area contributed by atoms with Gasteiger partial charge in [-0.15, -0.1) is 0 Å². The van der Waals surface area contributed by atoms with Gasteiger partial charge in [0.1, 0.15) is 5.75 Å². The summed E-state index contributed by atoms with van der Waals surface area (Å²) in [6.07, 6.45) is 0.382. The molecule has 0 heterocycles. The molecule has 3 nitrogen and oxygen atoms in total. The summed E-state index contributed by atoms with van der Waals surface area (Å²) >= 11 is 0. The lowest BCUT2D eigenvalue weighted by atomic mass is 9.88. The lowest BCUT2D eigenvalue weighted by Gasteiger charge is -2.18. The summed E-state index contributed by atoms with van der Waals surface area (Å²) in [5.41, 5.74) is 3.02. The Morgan fingerprint density at radius 1 is 0.885 bits per heavy atom. The van der Waals surface area contributed by atoms with Gasteiger partial charge in [-0.3, -0.25) is 4.79 Å². The Hall–Kier alpha value is -3.07. The van der Waals surface area contributed by atoms with Crippen molar-refractivity contribution < 1.29 is 9.53 Å². The van der Waals surface area contributed by atoms with Crippen molar-refractivity contribution in [3.8, 4) is 5.75 Å². The minimum atomic E-state index is -0.0173. The quantitative estimate of drug-likeness (QED) is 0.635. The molecule has 3 heteroatoms. The van der Waals surface area contributed by atoms with E-state index in [0.717, 1.165) is 22.6 Å². The second-order valence-electron chi connectivity index (χ2n) is 6.09. The lowest BCUT2D eigenvalue weighted by molar-refractivity contribution is -0.116. The molecule has 0 atom stereocenters. The number of ether oxygens (including phenoxy) is 1. The van der Waals surface area contributed by atoms with E-state index in [1.807, 2.05) is 67.6 Å². The highest BCUT2D eigenvalue weighted by Crippen LogP contribution is 2.28. The van der Waals surface area contributed by atoms with E-state index < -0.39 is 0 Å². The molecule has 0 fully saturated rings. The van der Waals surface area contributed by atoms with Gasteiger partial charge in [-0.1, -0.05) is 66.7 Å². The molecule has 0 aliphatic rings. The van der Waals surface area contributed by atoms with Crippen molar-refractivity contribution in [1.82, 2.24) is 0 Å². The van der Waals surface area contributed by atoms with Crippen LogP contribution in [0.5, 0.6) is 5.75 Å². The smallest absolute Gasteiger partial charge is 0.225 e. The zero-order valence-corrected chi connectivity index (χ0v) is 14.9. The summed E-state index contributed by atoms with van der Waals surface area (Å²) in [7, 11) is 0. The van der Waals surface area contributed by atoms with Crippen LogP contribution in [-0.2, 0) is 4.79 Å². The molecular formula is C23H23NO2. The third-order valence-corrected chi connectivity index (χ3v) is 4.22. The molecule has 3 aromatic rings. The molecule has 0 unspecified atom stereocenters. The summed E-state index contributed by atoms with van der Waals surface area (Å²) < 4.78 is 5.50. The first kappa shape index (κ1) is 17.7. The molecule has 3 rings (SSSR count). The molecule has 0 saturated carbocycles.